The maximum Gasteiger partial charge on any atom is 0.490 e. The molecule has 186 valence electrons. The summed E-state index contributed by atoms with van der Waals surface area (Å²) in [7, 11) is 1.33. The van der Waals surface area contributed by atoms with Gasteiger partial charge in [0.05, 0.1) is 18.5 Å². The van der Waals surface area contributed by atoms with Crippen molar-refractivity contribution >= 4 is 17.8 Å². The monoisotopic (exact) mass is 486 g/mol. The van der Waals surface area contributed by atoms with Crippen LogP contribution in [0.2, 0.25) is 0 Å². The van der Waals surface area contributed by atoms with Crippen molar-refractivity contribution in [2.24, 2.45) is 5.92 Å². The summed E-state index contributed by atoms with van der Waals surface area (Å²) in [4.78, 5) is 30.1. The highest BCUT2D eigenvalue weighted by molar-refractivity contribution is 5.88. The number of carboxylic acids is 1. The van der Waals surface area contributed by atoms with Gasteiger partial charge in [-0.3, -0.25) is 0 Å². The average Bonchev–Trinajstić information content (AvgIpc) is 2.77. The lowest BCUT2D eigenvalue weighted by Gasteiger charge is -2.31. The van der Waals surface area contributed by atoms with E-state index < -0.39 is 18.1 Å². The maximum atomic E-state index is 13.2. The van der Waals surface area contributed by atoms with Crippen LogP contribution in [0.3, 0.4) is 0 Å². The molecule has 0 bridgehead atoms. The molecule has 0 radical (unpaired) electrons. The van der Waals surface area contributed by atoms with E-state index in [1.165, 1.54) is 19.2 Å². The summed E-state index contributed by atoms with van der Waals surface area (Å²) in [5.74, 6) is -2.44. The number of aryl methyl sites for hydroxylation is 1. The quantitative estimate of drug-likeness (QED) is 0.436. The minimum absolute atomic E-state index is 0.207. The lowest BCUT2D eigenvalue weighted by atomic mass is 9.95. The van der Waals surface area contributed by atoms with Gasteiger partial charge in [0, 0.05) is 12.5 Å². The summed E-state index contributed by atoms with van der Waals surface area (Å²) >= 11 is 0. The fraction of sp³-hybridized carbons (Fsp3) is 0.455. The molecular weight excluding hydrogens is 460 g/mol. The number of carboxylic acid groups (broad SMARTS) is 1. The summed E-state index contributed by atoms with van der Waals surface area (Å²) in [5, 5.41) is 14.0. The number of rotatable bonds is 5. The first-order valence-corrected chi connectivity index (χ1v) is 10.4. The number of benzene rings is 1. The Labute approximate surface area is 193 Å². The van der Waals surface area contributed by atoms with E-state index >= 15 is 0 Å². The number of carbonyl (C=O) groups is 2. The van der Waals surface area contributed by atoms with Crippen molar-refractivity contribution in [2.75, 3.05) is 25.5 Å². The lowest BCUT2D eigenvalue weighted by molar-refractivity contribution is -0.192. The number of hydrogen-bond donors (Lipinski definition) is 3. The van der Waals surface area contributed by atoms with Crippen LogP contribution in [-0.2, 0) is 16.0 Å². The number of alkyl halides is 3. The fourth-order valence-electron chi connectivity index (χ4n) is 3.28. The predicted octanol–water partition coefficient (Wildman–Crippen LogP) is 3.34. The van der Waals surface area contributed by atoms with Gasteiger partial charge >= 0.3 is 18.1 Å². The van der Waals surface area contributed by atoms with E-state index in [2.05, 4.69) is 27.5 Å². The molecule has 0 spiro atoms. The molecule has 34 heavy (non-hydrogen) atoms. The molecule has 2 atom stereocenters. The van der Waals surface area contributed by atoms with Crippen molar-refractivity contribution in [2.45, 2.75) is 38.9 Å². The van der Waals surface area contributed by atoms with E-state index in [9.17, 15) is 22.4 Å². The Morgan fingerprint density at radius 1 is 1.24 bits per heavy atom. The summed E-state index contributed by atoms with van der Waals surface area (Å²) in [6.45, 7) is 5.82. The van der Waals surface area contributed by atoms with Crippen molar-refractivity contribution in [1.82, 2.24) is 15.3 Å². The van der Waals surface area contributed by atoms with Crippen LogP contribution in [0.25, 0.3) is 0 Å². The highest BCUT2D eigenvalue weighted by Crippen LogP contribution is 2.23. The average molecular weight is 486 g/mol. The van der Waals surface area contributed by atoms with Gasteiger partial charge < -0.3 is 20.5 Å². The number of aliphatic carboxylic acids is 1. The normalized spacial score (nSPS) is 17.9. The minimum Gasteiger partial charge on any atom is -0.475 e. The Balaban J connectivity index is 0.000000509. The summed E-state index contributed by atoms with van der Waals surface area (Å²) < 4.78 is 49.8. The Morgan fingerprint density at radius 2 is 1.85 bits per heavy atom. The van der Waals surface area contributed by atoms with E-state index in [-0.39, 0.29) is 17.6 Å². The topological polar surface area (TPSA) is 113 Å². The molecule has 2 aromatic rings. The molecule has 12 heteroatoms. The third-order valence-corrected chi connectivity index (χ3v) is 5.16. The van der Waals surface area contributed by atoms with Gasteiger partial charge in [-0.1, -0.05) is 19.1 Å². The number of methoxy groups -OCH3 is 1. The highest BCUT2D eigenvalue weighted by atomic mass is 19.4. The number of halogens is 4. The Bertz CT molecular complexity index is 1000. The zero-order valence-corrected chi connectivity index (χ0v) is 18.9. The molecule has 3 rings (SSSR count). The first kappa shape index (κ1) is 27.0. The summed E-state index contributed by atoms with van der Waals surface area (Å²) in [6, 6.07) is 6.54. The predicted molar refractivity (Wildman–Crippen MR) is 115 cm³/mol. The lowest BCUT2D eigenvalue weighted by Crippen LogP contribution is -2.42. The number of ether oxygens (including phenoxy) is 1. The van der Waals surface area contributed by atoms with Crippen molar-refractivity contribution in [3.8, 4) is 0 Å². The molecule has 1 aliphatic rings. The van der Waals surface area contributed by atoms with E-state index in [0.29, 0.717) is 29.5 Å². The van der Waals surface area contributed by atoms with Crippen molar-refractivity contribution in [3.63, 3.8) is 0 Å². The van der Waals surface area contributed by atoms with Crippen LogP contribution in [0.4, 0.5) is 23.4 Å². The van der Waals surface area contributed by atoms with Crippen molar-refractivity contribution in [3.05, 3.63) is 52.7 Å². The second-order valence-electron chi connectivity index (χ2n) is 7.77. The number of nitrogens with one attached hydrogen (secondary N) is 2. The smallest absolute Gasteiger partial charge is 0.475 e. The zero-order chi connectivity index (χ0) is 25.5. The molecule has 1 aromatic heterocycles. The van der Waals surface area contributed by atoms with Gasteiger partial charge in [0.2, 0.25) is 0 Å². The second kappa shape index (κ2) is 11.7. The van der Waals surface area contributed by atoms with Gasteiger partial charge in [0.25, 0.3) is 0 Å². The third kappa shape index (κ3) is 7.65. The number of piperidine rings is 1. The van der Waals surface area contributed by atoms with Crippen molar-refractivity contribution < 1.29 is 37.0 Å². The fourth-order valence-corrected chi connectivity index (χ4v) is 3.28. The van der Waals surface area contributed by atoms with Gasteiger partial charge in [-0.2, -0.15) is 13.2 Å². The van der Waals surface area contributed by atoms with Gasteiger partial charge in [-0.25, -0.2) is 23.9 Å². The number of nitrogens with zero attached hydrogens (tertiary/aromatic N) is 2. The zero-order valence-electron chi connectivity index (χ0n) is 18.9. The first-order valence-electron chi connectivity index (χ1n) is 10.4. The van der Waals surface area contributed by atoms with Crippen LogP contribution in [0.5, 0.6) is 0 Å². The van der Waals surface area contributed by atoms with Crippen LogP contribution in [0.1, 0.15) is 40.8 Å². The molecule has 8 nitrogen and oxygen atoms in total. The molecule has 0 amide bonds. The number of hydrogen-bond acceptors (Lipinski definition) is 7. The Hall–Kier alpha value is -3.28. The van der Waals surface area contributed by atoms with Crippen LogP contribution < -0.4 is 10.6 Å². The van der Waals surface area contributed by atoms with E-state index in [4.69, 9.17) is 14.6 Å². The second-order valence-corrected chi connectivity index (χ2v) is 7.77. The summed E-state index contributed by atoms with van der Waals surface area (Å²) in [6.07, 6.45) is -3.66. The van der Waals surface area contributed by atoms with Crippen LogP contribution in [-0.4, -0.2) is 59.4 Å². The molecule has 1 aromatic carbocycles. The number of anilines is 1. The third-order valence-electron chi connectivity index (χ3n) is 5.16. The number of aromatic nitrogens is 2. The molecule has 2 heterocycles. The molecule has 1 fully saturated rings. The van der Waals surface area contributed by atoms with Crippen LogP contribution in [0.15, 0.2) is 24.3 Å². The molecular formula is C22H26F4N4O4. The highest BCUT2D eigenvalue weighted by Gasteiger charge is 2.38. The first-order chi connectivity index (χ1) is 15.9. The van der Waals surface area contributed by atoms with E-state index in [0.717, 1.165) is 25.1 Å². The number of carbonyl (C=O) groups excluding carboxylic acids is 1. The van der Waals surface area contributed by atoms with Gasteiger partial charge in [0.1, 0.15) is 11.6 Å². The molecule has 1 saturated heterocycles. The SMILES string of the molecule is COC(=O)c1nc(Cc2ccc(F)cc2)c(N[C@@H]2CCNC[C@H]2C)nc1C.O=C(O)C(F)(F)F. The van der Waals surface area contributed by atoms with Gasteiger partial charge in [-0.05, 0) is 50.0 Å². The van der Waals surface area contributed by atoms with Gasteiger partial charge in [-0.15, -0.1) is 0 Å². The Kier molecular flexibility index (Phi) is 9.30. The molecule has 0 saturated carbocycles. The van der Waals surface area contributed by atoms with Crippen molar-refractivity contribution in [1.29, 1.82) is 0 Å². The largest absolute Gasteiger partial charge is 0.490 e. The number of esters is 1. The molecule has 1 aliphatic heterocycles. The standard InChI is InChI=1S/C20H25FN4O2.C2HF3O2/c1-12-11-22-9-8-16(12)25-19-17(10-14-4-6-15(21)7-5-14)24-18(13(2)23-19)20(26)27-3;3-2(4,5)1(6)7/h4-7,12,16,22H,8-11H2,1-3H3,(H,23,25);(H,6,7)/t12-,16-;/m1./s1. The molecule has 3 N–H and O–H groups in total. The van der Waals surface area contributed by atoms with Gasteiger partial charge in [0.15, 0.2) is 5.69 Å². The van der Waals surface area contributed by atoms with E-state index in [1.54, 1.807) is 19.1 Å². The Morgan fingerprint density at radius 3 is 2.38 bits per heavy atom. The molecule has 0 aliphatic carbocycles. The minimum atomic E-state index is -5.08. The van der Waals surface area contributed by atoms with E-state index in [1.807, 2.05) is 0 Å². The van der Waals surface area contributed by atoms with Crippen LogP contribution >= 0.6 is 0 Å². The summed E-state index contributed by atoms with van der Waals surface area (Å²) in [5.41, 5.74) is 2.28. The molecule has 0 unspecified atom stereocenters. The van der Waals surface area contributed by atoms with Crippen LogP contribution in [0, 0.1) is 18.7 Å². The maximum absolute atomic E-state index is 13.2.